The number of aromatic nitrogens is 1. The molecule has 4 heteroatoms. The highest BCUT2D eigenvalue weighted by Crippen LogP contribution is 2.29. The van der Waals surface area contributed by atoms with E-state index < -0.39 is 5.60 Å². The highest BCUT2D eigenvalue weighted by atomic mass is 35.5. The fourth-order valence-electron chi connectivity index (χ4n) is 0.988. The molecule has 0 saturated carbocycles. The second kappa shape index (κ2) is 3.45. The second-order valence-corrected chi connectivity index (χ2v) is 4.26. The van der Waals surface area contributed by atoms with Crippen molar-refractivity contribution in [2.45, 2.75) is 26.4 Å². The summed E-state index contributed by atoms with van der Waals surface area (Å²) in [6.07, 6.45) is 0. The number of aryl methyl sites for hydroxylation is 1. The zero-order chi connectivity index (χ0) is 10.2. The Bertz CT molecular complexity index is 331. The standard InChI is InChI=1S/C9H11Cl2NO/c1-5-6(10)4-7(11)8(12-5)9(2,3)13/h4,13H,1-3H3. The summed E-state index contributed by atoms with van der Waals surface area (Å²) in [5.41, 5.74) is 0.0890. The summed E-state index contributed by atoms with van der Waals surface area (Å²) in [5.74, 6) is 0. The van der Waals surface area contributed by atoms with E-state index in [1.165, 1.54) is 0 Å². The first kappa shape index (κ1) is 10.8. The van der Waals surface area contributed by atoms with Crippen LogP contribution in [-0.4, -0.2) is 10.1 Å². The number of halogens is 2. The zero-order valence-electron chi connectivity index (χ0n) is 7.73. The Balaban J connectivity index is 3.32. The molecule has 1 aromatic rings. The molecular weight excluding hydrogens is 209 g/mol. The van der Waals surface area contributed by atoms with Gasteiger partial charge in [-0.1, -0.05) is 23.2 Å². The highest BCUT2D eigenvalue weighted by molar-refractivity contribution is 6.35. The Morgan fingerprint density at radius 2 is 1.85 bits per heavy atom. The third-order valence-electron chi connectivity index (χ3n) is 1.68. The summed E-state index contributed by atoms with van der Waals surface area (Å²) in [5, 5.41) is 10.6. The van der Waals surface area contributed by atoms with Crippen molar-refractivity contribution in [3.8, 4) is 0 Å². The topological polar surface area (TPSA) is 33.1 Å². The summed E-state index contributed by atoms with van der Waals surface area (Å²) in [4.78, 5) is 4.13. The first-order chi connectivity index (χ1) is 5.82. The van der Waals surface area contributed by atoms with Gasteiger partial charge in [0.05, 0.1) is 21.4 Å². The molecule has 0 atom stereocenters. The molecule has 1 heterocycles. The van der Waals surface area contributed by atoms with Crippen LogP contribution in [0.3, 0.4) is 0 Å². The van der Waals surface area contributed by atoms with E-state index in [9.17, 15) is 5.11 Å². The average molecular weight is 220 g/mol. The SMILES string of the molecule is Cc1nc(C(C)(C)O)c(Cl)cc1Cl. The summed E-state index contributed by atoms with van der Waals surface area (Å²) >= 11 is 11.7. The van der Waals surface area contributed by atoms with E-state index in [1.807, 2.05) is 0 Å². The molecule has 0 aliphatic carbocycles. The van der Waals surface area contributed by atoms with Crippen LogP contribution in [0.4, 0.5) is 0 Å². The third-order valence-corrected chi connectivity index (χ3v) is 2.36. The van der Waals surface area contributed by atoms with Gasteiger partial charge in [-0.2, -0.15) is 0 Å². The molecule has 0 amide bonds. The predicted octanol–water partition coefficient (Wildman–Crippen LogP) is 2.92. The first-order valence-corrected chi connectivity index (χ1v) is 4.63. The van der Waals surface area contributed by atoms with Crippen molar-refractivity contribution in [3.63, 3.8) is 0 Å². The minimum atomic E-state index is -1.04. The summed E-state index contributed by atoms with van der Waals surface area (Å²) < 4.78 is 0. The van der Waals surface area contributed by atoms with Crippen LogP contribution in [0.2, 0.25) is 10.0 Å². The molecule has 1 N–H and O–H groups in total. The summed E-state index contributed by atoms with van der Waals surface area (Å²) in [7, 11) is 0. The molecular formula is C9H11Cl2NO. The van der Waals surface area contributed by atoms with Gasteiger partial charge in [0.25, 0.3) is 0 Å². The van der Waals surface area contributed by atoms with Crippen molar-refractivity contribution in [1.29, 1.82) is 0 Å². The number of hydrogen-bond donors (Lipinski definition) is 1. The van der Waals surface area contributed by atoms with Crippen molar-refractivity contribution in [2.24, 2.45) is 0 Å². The number of nitrogens with zero attached hydrogens (tertiary/aromatic N) is 1. The van der Waals surface area contributed by atoms with Gasteiger partial charge in [-0.05, 0) is 26.8 Å². The molecule has 2 nitrogen and oxygen atoms in total. The van der Waals surface area contributed by atoms with Gasteiger partial charge >= 0.3 is 0 Å². The van der Waals surface area contributed by atoms with E-state index >= 15 is 0 Å². The lowest BCUT2D eigenvalue weighted by Gasteiger charge is -2.18. The lowest BCUT2D eigenvalue weighted by molar-refractivity contribution is 0.0738. The fourth-order valence-corrected chi connectivity index (χ4v) is 1.58. The molecule has 0 fully saturated rings. The largest absolute Gasteiger partial charge is 0.384 e. The molecule has 0 unspecified atom stereocenters. The number of rotatable bonds is 1. The van der Waals surface area contributed by atoms with Gasteiger partial charge in [0.1, 0.15) is 5.60 Å². The minimum Gasteiger partial charge on any atom is -0.384 e. The fraction of sp³-hybridized carbons (Fsp3) is 0.444. The van der Waals surface area contributed by atoms with Gasteiger partial charge in [-0.25, -0.2) is 0 Å². The summed E-state index contributed by atoms with van der Waals surface area (Å²) in [6, 6.07) is 1.60. The van der Waals surface area contributed by atoms with Crippen LogP contribution in [0.5, 0.6) is 0 Å². The molecule has 72 valence electrons. The lowest BCUT2D eigenvalue weighted by Crippen LogP contribution is -2.18. The van der Waals surface area contributed by atoms with E-state index in [2.05, 4.69) is 4.98 Å². The van der Waals surface area contributed by atoms with Crippen LogP contribution in [0.15, 0.2) is 6.07 Å². The van der Waals surface area contributed by atoms with E-state index in [0.717, 1.165) is 0 Å². The Morgan fingerprint density at radius 3 is 2.31 bits per heavy atom. The van der Waals surface area contributed by atoms with E-state index in [4.69, 9.17) is 23.2 Å². The van der Waals surface area contributed by atoms with Gasteiger partial charge < -0.3 is 5.11 Å². The third kappa shape index (κ3) is 2.33. The van der Waals surface area contributed by atoms with Gasteiger partial charge in [0, 0.05) is 0 Å². The molecule has 0 radical (unpaired) electrons. The molecule has 0 aromatic carbocycles. The van der Waals surface area contributed by atoms with Crippen LogP contribution in [0, 0.1) is 6.92 Å². The van der Waals surface area contributed by atoms with Gasteiger partial charge in [-0.15, -0.1) is 0 Å². The molecule has 0 saturated heterocycles. The normalized spacial score (nSPS) is 11.8. The van der Waals surface area contributed by atoms with Crippen molar-refractivity contribution in [1.82, 2.24) is 4.98 Å². The lowest BCUT2D eigenvalue weighted by atomic mass is 10.0. The monoisotopic (exact) mass is 219 g/mol. The highest BCUT2D eigenvalue weighted by Gasteiger charge is 2.22. The zero-order valence-corrected chi connectivity index (χ0v) is 9.24. The number of hydrogen-bond acceptors (Lipinski definition) is 2. The van der Waals surface area contributed by atoms with Crippen LogP contribution < -0.4 is 0 Å². The van der Waals surface area contributed by atoms with Gasteiger partial charge in [0.15, 0.2) is 0 Å². The van der Waals surface area contributed by atoms with Crippen LogP contribution in [0.25, 0.3) is 0 Å². The Kier molecular flexibility index (Phi) is 2.85. The first-order valence-electron chi connectivity index (χ1n) is 3.88. The second-order valence-electron chi connectivity index (χ2n) is 3.45. The maximum absolute atomic E-state index is 9.70. The van der Waals surface area contributed by atoms with Crippen molar-refractivity contribution in [3.05, 3.63) is 27.5 Å². The van der Waals surface area contributed by atoms with E-state index in [0.29, 0.717) is 21.4 Å². The number of aliphatic hydroxyl groups is 1. The molecule has 1 rings (SSSR count). The van der Waals surface area contributed by atoms with Gasteiger partial charge in [-0.3, -0.25) is 4.98 Å². The van der Waals surface area contributed by atoms with Crippen molar-refractivity contribution in [2.75, 3.05) is 0 Å². The maximum Gasteiger partial charge on any atom is 0.102 e. The van der Waals surface area contributed by atoms with Crippen molar-refractivity contribution < 1.29 is 5.11 Å². The molecule has 0 spiro atoms. The van der Waals surface area contributed by atoms with Crippen LogP contribution in [0.1, 0.15) is 25.2 Å². The van der Waals surface area contributed by atoms with Crippen molar-refractivity contribution >= 4 is 23.2 Å². The Hall–Kier alpha value is -0.310. The Morgan fingerprint density at radius 1 is 1.31 bits per heavy atom. The smallest absolute Gasteiger partial charge is 0.102 e. The Labute approximate surface area is 87.5 Å². The number of pyridine rings is 1. The summed E-state index contributed by atoms with van der Waals surface area (Å²) in [6.45, 7) is 5.04. The van der Waals surface area contributed by atoms with E-state index in [-0.39, 0.29) is 0 Å². The minimum absolute atomic E-state index is 0.392. The molecule has 0 bridgehead atoms. The quantitative estimate of drug-likeness (QED) is 0.789. The molecule has 0 aliphatic heterocycles. The average Bonchev–Trinajstić information content (AvgIpc) is 1.94. The van der Waals surface area contributed by atoms with Gasteiger partial charge in [0.2, 0.25) is 0 Å². The molecule has 13 heavy (non-hydrogen) atoms. The van der Waals surface area contributed by atoms with Crippen LogP contribution >= 0.6 is 23.2 Å². The van der Waals surface area contributed by atoms with Crippen LogP contribution in [-0.2, 0) is 5.60 Å². The van der Waals surface area contributed by atoms with E-state index in [1.54, 1.807) is 26.8 Å². The maximum atomic E-state index is 9.70. The molecule has 1 aromatic heterocycles. The predicted molar refractivity (Wildman–Crippen MR) is 54.2 cm³/mol. The molecule has 0 aliphatic rings.